The SMILES string of the molecule is Nc1nc(N)c2c(n1)sc1c(=O)[n]([Al])cnc12. The van der Waals surface area contributed by atoms with Crippen molar-refractivity contribution in [2.75, 3.05) is 11.5 Å². The van der Waals surface area contributed by atoms with Crippen molar-refractivity contribution in [3.05, 3.63) is 16.7 Å². The van der Waals surface area contributed by atoms with Gasteiger partial charge in [0.2, 0.25) is 11.5 Å². The lowest BCUT2D eigenvalue weighted by atomic mass is 10.3. The van der Waals surface area contributed by atoms with Crippen LogP contribution >= 0.6 is 11.3 Å². The molecule has 0 bridgehead atoms. The maximum absolute atomic E-state index is 11.9. The predicted molar refractivity (Wildman–Crippen MR) is 67.0 cm³/mol. The Hall–Kier alpha value is -1.69. The van der Waals surface area contributed by atoms with Gasteiger partial charge in [-0.3, -0.25) is 4.79 Å². The van der Waals surface area contributed by atoms with Crippen LogP contribution in [0.3, 0.4) is 0 Å². The minimum atomic E-state index is -0.166. The molecule has 3 aromatic heterocycles. The first kappa shape index (κ1) is 10.5. The van der Waals surface area contributed by atoms with Crippen LogP contribution in [0.15, 0.2) is 11.1 Å². The van der Waals surface area contributed by atoms with Crippen molar-refractivity contribution in [1.82, 2.24) is 18.5 Å². The van der Waals surface area contributed by atoms with Crippen molar-refractivity contribution >= 4 is 60.0 Å². The van der Waals surface area contributed by atoms with Crippen LogP contribution in [0.4, 0.5) is 11.8 Å². The molecule has 9 heteroatoms. The van der Waals surface area contributed by atoms with Crippen molar-refractivity contribution in [3.8, 4) is 0 Å². The van der Waals surface area contributed by atoms with Crippen molar-refractivity contribution in [2.45, 2.75) is 0 Å². The number of thiophene rings is 1. The van der Waals surface area contributed by atoms with E-state index in [4.69, 9.17) is 11.5 Å². The fraction of sp³-hybridized carbons (Fsp3) is 0. The molecule has 0 aromatic carbocycles. The Balaban J connectivity index is 2.64. The van der Waals surface area contributed by atoms with E-state index in [0.717, 1.165) is 0 Å². The third-order valence-electron chi connectivity index (χ3n) is 2.31. The fourth-order valence-electron chi connectivity index (χ4n) is 1.59. The van der Waals surface area contributed by atoms with Crippen LogP contribution in [0.1, 0.15) is 0 Å². The van der Waals surface area contributed by atoms with Crippen molar-refractivity contribution < 1.29 is 0 Å². The molecule has 3 aromatic rings. The minimum absolute atomic E-state index is 0.0905. The highest BCUT2D eigenvalue weighted by Gasteiger charge is 2.14. The van der Waals surface area contributed by atoms with E-state index < -0.39 is 0 Å². The molecular weight excluding hydrogens is 255 g/mol. The second-order valence-electron chi connectivity index (χ2n) is 3.38. The molecular formula is C8H5AlN6OS. The standard InChI is InChI=1S/C8H6N6OS.Al/c9-5-2-3-4(6(15)12-1-11-3)16-7(2)14-8(10)13-5;/h1H,(H5,9,10,11,12,13,14,15);/q;+1/p-1. The molecule has 82 valence electrons. The smallest absolute Gasteiger partial charge is 0.325 e. The van der Waals surface area contributed by atoms with Gasteiger partial charge >= 0.3 is 16.5 Å². The van der Waals surface area contributed by atoms with Gasteiger partial charge < -0.3 is 15.0 Å². The molecule has 2 radical (unpaired) electrons. The van der Waals surface area contributed by atoms with E-state index in [1.807, 2.05) is 0 Å². The summed E-state index contributed by atoms with van der Waals surface area (Å²) in [6.07, 6.45) is 1.41. The second-order valence-corrected chi connectivity index (χ2v) is 4.94. The number of fused-ring (bicyclic) bond motifs is 3. The van der Waals surface area contributed by atoms with Crippen molar-refractivity contribution in [3.63, 3.8) is 0 Å². The summed E-state index contributed by atoms with van der Waals surface area (Å²) in [7, 11) is 0. The highest BCUT2D eigenvalue weighted by molar-refractivity contribution is 7.25. The molecule has 4 N–H and O–H groups in total. The van der Waals surface area contributed by atoms with Crippen molar-refractivity contribution in [2.24, 2.45) is 0 Å². The zero-order valence-corrected chi connectivity index (χ0v) is 10.4. The van der Waals surface area contributed by atoms with Crippen LogP contribution < -0.4 is 17.0 Å². The van der Waals surface area contributed by atoms with Gasteiger partial charge in [0.1, 0.15) is 20.9 Å². The highest BCUT2D eigenvalue weighted by Crippen LogP contribution is 2.32. The summed E-state index contributed by atoms with van der Waals surface area (Å²) in [4.78, 5) is 24.6. The molecule has 3 heterocycles. The van der Waals surface area contributed by atoms with Crippen LogP contribution in [-0.4, -0.2) is 35.0 Å². The van der Waals surface area contributed by atoms with Gasteiger partial charge in [0.15, 0.2) is 0 Å². The van der Waals surface area contributed by atoms with E-state index in [1.54, 1.807) is 0 Å². The largest absolute Gasteiger partial charge is 0.412 e. The summed E-state index contributed by atoms with van der Waals surface area (Å²) in [5.41, 5.74) is 11.6. The van der Waals surface area contributed by atoms with E-state index in [0.29, 0.717) is 20.4 Å². The summed E-state index contributed by atoms with van der Waals surface area (Å²) in [5.74, 6) is 0.333. The summed E-state index contributed by atoms with van der Waals surface area (Å²) >= 11 is 3.48. The number of hydrogen-bond donors (Lipinski definition) is 2. The summed E-state index contributed by atoms with van der Waals surface area (Å²) in [6, 6.07) is 0. The Labute approximate surface area is 107 Å². The van der Waals surface area contributed by atoms with Gasteiger partial charge in [-0.25, -0.2) is 9.97 Å². The number of hydrogen-bond acceptors (Lipinski definition) is 7. The van der Waals surface area contributed by atoms with E-state index >= 15 is 0 Å². The number of nitrogen functional groups attached to an aromatic ring is 2. The lowest BCUT2D eigenvalue weighted by Gasteiger charge is -1.98. The van der Waals surface area contributed by atoms with E-state index in [-0.39, 0.29) is 17.3 Å². The van der Waals surface area contributed by atoms with Gasteiger partial charge in [-0.15, -0.1) is 11.3 Å². The van der Waals surface area contributed by atoms with E-state index in [2.05, 4.69) is 31.5 Å². The summed E-state index contributed by atoms with van der Waals surface area (Å²) < 4.78 is 1.81. The first-order valence-corrected chi connectivity index (χ1v) is 5.89. The van der Waals surface area contributed by atoms with Crippen LogP contribution in [0, 0.1) is 0 Å². The van der Waals surface area contributed by atoms with Gasteiger partial charge in [0.05, 0.1) is 11.7 Å². The van der Waals surface area contributed by atoms with E-state index in [9.17, 15) is 4.79 Å². The Morgan fingerprint density at radius 3 is 2.88 bits per heavy atom. The number of nitrogens with two attached hydrogens (primary N) is 2. The Morgan fingerprint density at radius 2 is 2.12 bits per heavy atom. The van der Waals surface area contributed by atoms with Gasteiger partial charge in [0, 0.05) is 0 Å². The molecule has 0 aliphatic heterocycles. The third kappa shape index (κ3) is 1.40. The molecule has 17 heavy (non-hydrogen) atoms. The molecule has 0 spiro atoms. The molecule has 0 saturated carbocycles. The molecule has 3 rings (SSSR count). The average molecular weight is 260 g/mol. The number of nitrogens with zero attached hydrogens (tertiary/aromatic N) is 4. The molecule has 0 aliphatic rings. The monoisotopic (exact) mass is 260 g/mol. The number of rotatable bonds is 0. The van der Waals surface area contributed by atoms with Crippen LogP contribution in [0.5, 0.6) is 0 Å². The number of aromatic nitrogens is 4. The lowest BCUT2D eigenvalue weighted by Crippen LogP contribution is -2.17. The maximum atomic E-state index is 11.9. The van der Waals surface area contributed by atoms with E-state index in [1.165, 1.54) is 21.2 Å². The first-order valence-electron chi connectivity index (χ1n) is 4.56. The average Bonchev–Trinajstić information content (AvgIpc) is 2.62. The molecule has 0 atom stereocenters. The number of anilines is 2. The third-order valence-corrected chi connectivity index (χ3v) is 3.74. The maximum Gasteiger partial charge on any atom is 0.325 e. The normalized spacial score (nSPS) is 11.3. The Morgan fingerprint density at radius 1 is 1.35 bits per heavy atom. The Kier molecular flexibility index (Phi) is 2.09. The van der Waals surface area contributed by atoms with Crippen LogP contribution in [-0.2, 0) is 0 Å². The molecule has 0 aliphatic carbocycles. The van der Waals surface area contributed by atoms with Crippen molar-refractivity contribution in [1.29, 1.82) is 0 Å². The lowest BCUT2D eigenvalue weighted by molar-refractivity contribution is 1.09. The minimum Gasteiger partial charge on any atom is -0.412 e. The topological polar surface area (TPSA) is 113 Å². The zero-order chi connectivity index (χ0) is 12.2. The van der Waals surface area contributed by atoms with Gasteiger partial charge in [-0.2, -0.15) is 4.98 Å². The van der Waals surface area contributed by atoms with Gasteiger partial charge in [0.25, 0.3) is 0 Å². The summed E-state index contributed by atoms with van der Waals surface area (Å²) in [5, 5.41) is 0.585. The molecule has 0 fully saturated rings. The van der Waals surface area contributed by atoms with Gasteiger partial charge in [-0.05, 0) is 0 Å². The quantitative estimate of drug-likeness (QED) is 0.527. The molecule has 0 amide bonds. The molecule has 0 saturated heterocycles. The van der Waals surface area contributed by atoms with Crippen LogP contribution in [0.25, 0.3) is 20.4 Å². The Bertz CT molecular complexity index is 809. The summed E-state index contributed by atoms with van der Waals surface area (Å²) in [6.45, 7) is 0. The first-order chi connectivity index (χ1) is 8.08. The van der Waals surface area contributed by atoms with Crippen LogP contribution in [0.2, 0.25) is 0 Å². The second kappa shape index (κ2) is 3.40. The fourth-order valence-corrected chi connectivity index (χ4v) is 2.96. The van der Waals surface area contributed by atoms with Gasteiger partial charge in [-0.1, -0.05) is 0 Å². The highest BCUT2D eigenvalue weighted by atomic mass is 32.1. The zero-order valence-electron chi connectivity index (χ0n) is 8.41. The molecule has 7 nitrogen and oxygen atoms in total. The molecule has 0 unspecified atom stereocenters. The predicted octanol–water partition coefficient (Wildman–Crippen LogP) is -0.503.